The first-order valence-electron chi connectivity index (χ1n) is 13.2. The normalized spacial score (nSPS) is 32.3. The van der Waals surface area contributed by atoms with E-state index in [0.717, 1.165) is 16.8 Å². The third-order valence-electron chi connectivity index (χ3n) is 6.79. The summed E-state index contributed by atoms with van der Waals surface area (Å²) in [5.74, 6) is -0.982. The minimum Gasteiger partial charge on any atom is -0.451 e. The molecule has 2 fully saturated rings. The van der Waals surface area contributed by atoms with Gasteiger partial charge in [-0.25, -0.2) is 18.7 Å². The van der Waals surface area contributed by atoms with Crippen LogP contribution >= 0.6 is 15.6 Å². The van der Waals surface area contributed by atoms with Crippen molar-refractivity contribution in [2.75, 3.05) is 25.6 Å². The molecule has 0 bridgehead atoms. The van der Waals surface area contributed by atoms with Crippen molar-refractivity contribution in [1.29, 1.82) is 0 Å². The molecule has 2 aliphatic rings. The van der Waals surface area contributed by atoms with Crippen molar-refractivity contribution in [3.8, 4) is 0 Å². The summed E-state index contributed by atoms with van der Waals surface area (Å²) in [7, 11) is -9.75. The molecule has 46 heavy (non-hydrogen) atoms. The van der Waals surface area contributed by atoms with Crippen LogP contribution in [0.5, 0.6) is 0 Å². The highest BCUT2D eigenvalue weighted by Crippen LogP contribution is 2.61. The van der Waals surface area contributed by atoms with Crippen molar-refractivity contribution in [3.05, 3.63) is 62.9 Å². The molecule has 0 aliphatic carbocycles. The molecular formula is C23H31N3O18P2. The standard InChI is InChI=1S/C23H31N3O18P2/c1-24-11-5-3-2-4-10(11)21(33)42-19-16(30)13(40-20(19)26-7-6-14(28)25-23(26)34)9-39-45(35,36)44-46(37,38)43-22-18(32)17(31)15(29)12(8-27)41-22/h2-7,12-13,15-20,22,24,27,29-32H,8-9H2,1H3,(H,35,36)(H,37,38)(H,25,28,34)/t12-,13-,15-,16-,17+,18-,19-,20-,22-/m1/s1. The van der Waals surface area contributed by atoms with Gasteiger partial charge in [-0.3, -0.25) is 23.4 Å². The van der Waals surface area contributed by atoms with Gasteiger partial charge in [-0.05, 0) is 12.1 Å². The number of aliphatic hydroxyl groups excluding tert-OH is 5. The second kappa shape index (κ2) is 14.5. The van der Waals surface area contributed by atoms with Gasteiger partial charge in [-0.1, -0.05) is 12.1 Å². The first kappa shape index (κ1) is 36.0. The fourth-order valence-electron chi connectivity index (χ4n) is 4.53. The molecule has 1 aromatic heterocycles. The number of H-pyrrole nitrogens is 1. The summed E-state index contributed by atoms with van der Waals surface area (Å²) in [4.78, 5) is 59.2. The van der Waals surface area contributed by atoms with Gasteiger partial charge in [-0.15, -0.1) is 0 Å². The number of rotatable bonds is 12. The number of carbonyl (C=O) groups is 1. The van der Waals surface area contributed by atoms with Crippen LogP contribution in [0.3, 0.4) is 0 Å². The fraction of sp³-hybridized carbons (Fsp3) is 0.522. The van der Waals surface area contributed by atoms with Crippen LogP contribution in [-0.2, 0) is 36.7 Å². The number of hydrogen-bond donors (Lipinski definition) is 9. The summed E-state index contributed by atoms with van der Waals surface area (Å²) < 4.78 is 55.1. The SMILES string of the molecule is CNc1ccccc1C(=O)O[C@@H]1[C@H](O)[C@@H](COP(=O)(O)OP(=O)(O)O[C@H]2O[C@H](CO)[C@@H](O)[C@H](O)[C@H]2O)O[C@H]1n1ccc(=O)[nH]c1=O. The first-order valence-corrected chi connectivity index (χ1v) is 16.2. The number of aromatic nitrogens is 2. The number of phosphoric acid groups is 2. The van der Waals surface area contributed by atoms with Crippen molar-refractivity contribution in [2.24, 2.45) is 0 Å². The van der Waals surface area contributed by atoms with Crippen LogP contribution in [0.25, 0.3) is 0 Å². The third kappa shape index (κ3) is 8.16. The van der Waals surface area contributed by atoms with Crippen molar-refractivity contribution < 1.29 is 76.8 Å². The van der Waals surface area contributed by atoms with E-state index in [4.69, 9.17) is 14.2 Å². The molecule has 23 heteroatoms. The summed E-state index contributed by atoms with van der Waals surface area (Å²) in [6.45, 7) is -2.01. The molecule has 4 rings (SSSR count). The van der Waals surface area contributed by atoms with Crippen molar-refractivity contribution in [1.82, 2.24) is 9.55 Å². The van der Waals surface area contributed by atoms with Gasteiger partial charge < -0.3 is 54.8 Å². The predicted octanol–water partition coefficient (Wildman–Crippen LogP) is -2.89. The number of aliphatic hydroxyl groups is 5. The zero-order chi connectivity index (χ0) is 34.0. The van der Waals surface area contributed by atoms with Crippen LogP contribution in [0, 0.1) is 0 Å². The molecule has 0 amide bonds. The topological polar surface area (TPSA) is 315 Å². The van der Waals surface area contributed by atoms with Gasteiger partial charge in [0.1, 0.15) is 36.6 Å². The van der Waals surface area contributed by atoms with E-state index in [1.54, 1.807) is 12.1 Å². The maximum Gasteiger partial charge on any atom is 0.483 e. The molecule has 11 atom stereocenters. The van der Waals surface area contributed by atoms with E-state index in [1.165, 1.54) is 19.2 Å². The molecule has 1 aromatic carbocycles. The summed E-state index contributed by atoms with van der Waals surface area (Å²) in [5.41, 5.74) is -1.45. The van der Waals surface area contributed by atoms with Gasteiger partial charge in [0.15, 0.2) is 18.6 Å². The Morgan fingerprint density at radius 2 is 1.67 bits per heavy atom. The Hall–Kier alpha value is -2.85. The highest BCUT2D eigenvalue weighted by Gasteiger charge is 2.51. The van der Waals surface area contributed by atoms with E-state index in [1.807, 2.05) is 4.98 Å². The monoisotopic (exact) mass is 699 g/mol. The number of para-hydroxylation sites is 1. The van der Waals surface area contributed by atoms with Crippen molar-refractivity contribution in [2.45, 2.75) is 55.2 Å². The number of nitrogens with one attached hydrogen (secondary N) is 2. The smallest absolute Gasteiger partial charge is 0.451 e. The molecule has 21 nitrogen and oxygen atoms in total. The molecule has 9 N–H and O–H groups in total. The number of carbonyl (C=O) groups excluding carboxylic acids is 1. The summed E-state index contributed by atoms with van der Waals surface area (Å²) >= 11 is 0. The lowest BCUT2D eigenvalue weighted by Crippen LogP contribution is -2.58. The zero-order valence-electron chi connectivity index (χ0n) is 23.5. The number of ether oxygens (including phenoxy) is 3. The van der Waals surface area contributed by atoms with E-state index in [-0.39, 0.29) is 5.56 Å². The van der Waals surface area contributed by atoms with E-state index >= 15 is 0 Å². The van der Waals surface area contributed by atoms with Crippen LogP contribution in [0.1, 0.15) is 16.6 Å². The average molecular weight is 699 g/mol. The Kier molecular flexibility index (Phi) is 11.3. The Morgan fingerprint density at radius 1 is 0.978 bits per heavy atom. The van der Waals surface area contributed by atoms with Gasteiger partial charge in [-0.2, -0.15) is 4.31 Å². The number of phosphoric ester groups is 2. The molecule has 256 valence electrons. The number of aromatic amines is 1. The Morgan fingerprint density at radius 3 is 2.33 bits per heavy atom. The lowest BCUT2D eigenvalue weighted by Gasteiger charge is -2.39. The summed E-state index contributed by atoms with van der Waals surface area (Å²) in [6.07, 6.45) is -15.7. The van der Waals surface area contributed by atoms with Crippen LogP contribution in [-0.4, -0.2) is 120 Å². The van der Waals surface area contributed by atoms with E-state index in [0.29, 0.717) is 5.69 Å². The highest BCUT2D eigenvalue weighted by molar-refractivity contribution is 7.61. The van der Waals surface area contributed by atoms with Crippen LogP contribution in [0.15, 0.2) is 46.1 Å². The second-order valence-corrected chi connectivity index (χ2v) is 12.9. The first-order chi connectivity index (χ1) is 21.6. The number of esters is 1. The number of nitrogens with zero attached hydrogens (tertiary/aromatic N) is 1. The molecule has 2 unspecified atom stereocenters. The largest absolute Gasteiger partial charge is 0.483 e. The molecule has 0 radical (unpaired) electrons. The van der Waals surface area contributed by atoms with Gasteiger partial charge in [0, 0.05) is 25.0 Å². The lowest BCUT2D eigenvalue weighted by atomic mass is 10.00. The molecule has 2 saturated heterocycles. The Labute approximate surface area is 257 Å². The minimum atomic E-state index is -5.68. The van der Waals surface area contributed by atoms with E-state index in [2.05, 4.69) is 18.7 Å². The summed E-state index contributed by atoms with van der Waals surface area (Å²) in [5, 5.41) is 52.6. The van der Waals surface area contributed by atoms with Crippen molar-refractivity contribution >= 4 is 27.3 Å². The molecular weight excluding hydrogens is 668 g/mol. The molecule has 0 saturated carbocycles. The van der Waals surface area contributed by atoms with Crippen LogP contribution in [0.2, 0.25) is 0 Å². The highest BCUT2D eigenvalue weighted by atomic mass is 31.3. The van der Waals surface area contributed by atoms with Crippen LogP contribution < -0.4 is 16.6 Å². The van der Waals surface area contributed by atoms with Crippen LogP contribution in [0.4, 0.5) is 5.69 Å². The predicted molar refractivity (Wildman–Crippen MR) is 148 cm³/mol. The maximum absolute atomic E-state index is 13.0. The van der Waals surface area contributed by atoms with Gasteiger partial charge >= 0.3 is 27.3 Å². The minimum absolute atomic E-state index is 0.0239. The third-order valence-corrected chi connectivity index (χ3v) is 9.39. The Balaban J connectivity index is 1.48. The maximum atomic E-state index is 13.0. The lowest BCUT2D eigenvalue weighted by molar-refractivity contribution is -0.280. The number of benzene rings is 1. The van der Waals surface area contributed by atoms with Gasteiger partial charge in [0.25, 0.3) is 5.56 Å². The average Bonchev–Trinajstić information content (AvgIpc) is 3.29. The van der Waals surface area contributed by atoms with Gasteiger partial charge in [0.05, 0.1) is 18.8 Å². The van der Waals surface area contributed by atoms with Crippen molar-refractivity contribution in [3.63, 3.8) is 0 Å². The fourth-order valence-corrected chi connectivity index (χ4v) is 6.69. The zero-order valence-corrected chi connectivity index (χ0v) is 25.3. The molecule has 2 aromatic rings. The van der Waals surface area contributed by atoms with E-state index in [9.17, 15) is 58.8 Å². The number of anilines is 1. The Bertz CT molecular complexity index is 1600. The molecule has 3 heterocycles. The molecule has 2 aliphatic heterocycles. The number of hydrogen-bond acceptors (Lipinski definition) is 17. The second-order valence-electron chi connectivity index (χ2n) is 9.86. The van der Waals surface area contributed by atoms with Gasteiger partial charge in [0.2, 0.25) is 0 Å². The molecule has 0 spiro atoms. The summed E-state index contributed by atoms with van der Waals surface area (Å²) in [6, 6.07) is 7.04. The quantitative estimate of drug-likeness (QED) is 0.0793. The van der Waals surface area contributed by atoms with E-state index < -0.39 is 101 Å².